The van der Waals surface area contributed by atoms with Gasteiger partial charge in [0.25, 0.3) is 25.6 Å². The first kappa shape index (κ1) is 48.9. The van der Waals surface area contributed by atoms with Gasteiger partial charge in [-0.15, -0.1) is 0 Å². The first-order chi connectivity index (χ1) is 26.4. The van der Waals surface area contributed by atoms with Crippen molar-refractivity contribution in [2.24, 2.45) is 28.1 Å². The van der Waals surface area contributed by atoms with E-state index >= 15 is 0 Å². The van der Waals surface area contributed by atoms with Crippen molar-refractivity contribution < 1.29 is 27.1 Å². The molecule has 5 aliphatic rings. The molecule has 8 atom stereocenters. The van der Waals surface area contributed by atoms with Gasteiger partial charge < -0.3 is 37.8 Å². The monoisotopic (exact) mass is 862 g/mol. The van der Waals surface area contributed by atoms with E-state index in [0.717, 1.165) is 64.7 Å². The predicted octanol–water partition coefficient (Wildman–Crippen LogP) is 10.5. The summed E-state index contributed by atoms with van der Waals surface area (Å²) in [7, 11) is -3.72. The van der Waals surface area contributed by atoms with Gasteiger partial charge in [0.2, 0.25) is 0 Å². The molecule has 0 aromatic carbocycles. The Morgan fingerprint density at radius 3 is 1.04 bits per heavy atom. The van der Waals surface area contributed by atoms with E-state index in [-0.39, 0.29) is 38.4 Å². The number of hydrogen-bond donors (Lipinski definition) is 2. The summed E-state index contributed by atoms with van der Waals surface area (Å²) in [4.78, 5) is 0. The van der Waals surface area contributed by atoms with E-state index in [0.29, 0.717) is 63.6 Å². The van der Waals surface area contributed by atoms with Gasteiger partial charge in [-0.2, -0.15) is 0 Å². The molecular formula is C43H86N5O6P3. The zero-order valence-electron chi connectivity index (χ0n) is 39.3. The van der Waals surface area contributed by atoms with Gasteiger partial charge in [-0.3, -0.25) is 0 Å². The number of rotatable bonds is 15. The molecule has 5 saturated heterocycles. The van der Waals surface area contributed by atoms with Crippen LogP contribution in [0.1, 0.15) is 149 Å². The summed E-state index contributed by atoms with van der Waals surface area (Å²) < 4.78 is 48.1. The highest BCUT2D eigenvalue weighted by atomic mass is 31.2. The summed E-state index contributed by atoms with van der Waals surface area (Å²) >= 11 is 0. The molecule has 0 saturated carbocycles. The topological polar surface area (TPSA) is 89.2 Å². The van der Waals surface area contributed by atoms with Crippen molar-refractivity contribution >= 4 is 25.6 Å². The zero-order chi connectivity index (χ0) is 42.2. The van der Waals surface area contributed by atoms with Crippen LogP contribution in [-0.2, 0) is 27.1 Å². The van der Waals surface area contributed by atoms with Crippen LogP contribution in [0.4, 0.5) is 0 Å². The largest absolute Gasteiger partial charge is 0.321 e. The molecule has 334 valence electrons. The zero-order valence-corrected chi connectivity index (χ0v) is 41.9. The number of hydrogen-bond acceptors (Lipinski definition) is 11. The maximum absolute atomic E-state index is 6.74. The van der Waals surface area contributed by atoms with Crippen LogP contribution >= 0.6 is 25.6 Å². The Morgan fingerprint density at radius 1 is 0.456 bits per heavy atom. The molecule has 5 rings (SSSR count). The second kappa shape index (κ2) is 18.9. The normalized spacial score (nSPS) is 39.6. The molecule has 11 nitrogen and oxygen atoms in total. The van der Waals surface area contributed by atoms with Gasteiger partial charge in [0.05, 0.1) is 39.6 Å². The smallest absolute Gasteiger partial charge is 0.259 e. The molecule has 0 aromatic heterocycles. The van der Waals surface area contributed by atoms with Gasteiger partial charge in [-0.1, -0.05) is 83.1 Å². The second-order valence-corrected chi connectivity index (χ2v) is 26.4. The van der Waals surface area contributed by atoms with Crippen LogP contribution in [0.3, 0.4) is 0 Å². The molecule has 0 aliphatic carbocycles. The quantitative estimate of drug-likeness (QED) is 0.154. The average Bonchev–Trinajstić information content (AvgIpc) is 3.15. The minimum atomic E-state index is -1.26. The van der Waals surface area contributed by atoms with E-state index in [4.69, 9.17) is 27.1 Å². The molecule has 8 unspecified atom stereocenters. The first-order valence-electron chi connectivity index (χ1n) is 22.5. The fourth-order valence-corrected chi connectivity index (χ4v) is 15.3. The van der Waals surface area contributed by atoms with Crippen LogP contribution in [0.15, 0.2) is 0 Å². The summed E-state index contributed by atoms with van der Waals surface area (Å²) in [5, 5.41) is 8.25. The Hall–Kier alpha value is 0.850. The highest BCUT2D eigenvalue weighted by Crippen LogP contribution is 2.57. The average molecular weight is 862 g/mol. The number of nitrogens with one attached hydrogen (secondary N) is 2. The summed E-state index contributed by atoms with van der Waals surface area (Å²) in [5.74, 6) is 0.804. The van der Waals surface area contributed by atoms with E-state index in [1.807, 2.05) is 0 Å². The first-order valence-corrected chi connectivity index (χ1v) is 25.9. The van der Waals surface area contributed by atoms with Crippen LogP contribution in [0, 0.1) is 28.1 Å². The minimum absolute atomic E-state index is 0.00315. The predicted molar refractivity (Wildman–Crippen MR) is 239 cm³/mol. The SMILES string of the molecule is CCC1(C)CC(N(CCN(CCN(C2CC(C)(CC)NC(C)(CC)C2C)P2OCC(C)(C)CO2)P2OCC(C)(C)CO2)P2OCC(C)(C)CO2)C(C)C(C)(CC)N1. The van der Waals surface area contributed by atoms with Crippen LogP contribution in [0.2, 0.25) is 0 Å². The van der Waals surface area contributed by atoms with Crippen molar-refractivity contribution in [3.63, 3.8) is 0 Å². The van der Waals surface area contributed by atoms with Gasteiger partial charge in [0.15, 0.2) is 0 Å². The second-order valence-electron chi connectivity index (χ2n) is 21.9. The van der Waals surface area contributed by atoms with E-state index in [1.165, 1.54) is 0 Å². The van der Waals surface area contributed by atoms with E-state index in [9.17, 15) is 0 Å². The fraction of sp³-hybridized carbons (Fsp3) is 1.00. The third-order valence-electron chi connectivity index (χ3n) is 14.7. The van der Waals surface area contributed by atoms with Crippen molar-refractivity contribution in [1.29, 1.82) is 0 Å². The lowest BCUT2D eigenvalue weighted by atomic mass is 9.69. The molecule has 0 radical (unpaired) electrons. The van der Waals surface area contributed by atoms with Gasteiger partial charge in [0.1, 0.15) is 0 Å². The molecule has 0 spiro atoms. The highest BCUT2D eigenvalue weighted by Gasteiger charge is 2.53. The summed E-state index contributed by atoms with van der Waals surface area (Å²) in [6.45, 7) is 44.8. The standard InChI is InChI=1S/C43H86N5O6P3/c1-17-40(13)25-35(33(5)42(15,19-3)44-40)47(56-51-29-38(9,10)30-52-56)23-21-46(55-49-27-37(7,8)28-50-55)22-24-48(57-53-31-39(11,12)32-54-57)36-26-41(14,18-2)45-43(16,20-4)34(36)6/h33-36,44-45H,17-32H2,1-16H3. The minimum Gasteiger partial charge on any atom is -0.321 e. The third kappa shape index (κ3) is 11.7. The van der Waals surface area contributed by atoms with Crippen molar-refractivity contribution in [2.75, 3.05) is 65.8 Å². The number of nitrogens with zero attached hydrogens (tertiary/aromatic N) is 3. The Bertz CT molecular complexity index is 1210. The molecule has 5 fully saturated rings. The summed E-state index contributed by atoms with van der Waals surface area (Å²) in [6.07, 6.45) is 6.38. The van der Waals surface area contributed by atoms with Gasteiger partial charge in [0, 0.05) is 76.7 Å². The highest BCUT2D eigenvalue weighted by molar-refractivity contribution is 7.45. The lowest BCUT2D eigenvalue weighted by Crippen LogP contribution is -2.68. The van der Waals surface area contributed by atoms with E-state index in [2.05, 4.69) is 135 Å². The third-order valence-corrected chi connectivity index (χ3v) is 19.5. The molecule has 14 heteroatoms. The maximum atomic E-state index is 6.74. The van der Waals surface area contributed by atoms with Crippen LogP contribution in [0.25, 0.3) is 0 Å². The number of piperidine rings is 2. The van der Waals surface area contributed by atoms with Gasteiger partial charge in [-0.25, -0.2) is 14.0 Å². The van der Waals surface area contributed by atoms with Crippen molar-refractivity contribution in [1.82, 2.24) is 24.6 Å². The van der Waals surface area contributed by atoms with Crippen molar-refractivity contribution in [3.05, 3.63) is 0 Å². The van der Waals surface area contributed by atoms with E-state index in [1.54, 1.807) is 0 Å². The lowest BCUT2D eigenvalue weighted by Gasteiger charge is -2.57. The Balaban J connectivity index is 1.46. The molecule has 5 aliphatic heterocycles. The Labute approximate surface area is 353 Å². The molecule has 0 aromatic rings. The molecular weight excluding hydrogens is 775 g/mol. The van der Waals surface area contributed by atoms with Gasteiger partial charge >= 0.3 is 0 Å². The molecule has 0 amide bonds. The van der Waals surface area contributed by atoms with Crippen molar-refractivity contribution in [3.8, 4) is 0 Å². The van der Waals surface area contributed by atoms with Crippen LogP contribution in [0.5, 0.6) is 0 Å². The van der Waals surface area contributed by atoms with Gasteiger partial charge in [-0.05, 0) is 78.1 Å². The maximum Gasteiger partial charge on any atom is 0.259 e. The Kier molecular flexibility index (Phi) is 16.2. The molecule has 2 N–H and O–H groups in total. The summed E-state index contributed by atoms with van der Waals surface area (Å²) in [5.41, 5.74) is 0.0542. The van der Waals surface area contributed by atoms with Crippen LogP contribution in [-0.4, -0.2) is 114 Å². The molecule has 0 bridgehead atoms. The fourth-order valence-electron chi connectivity index (χ4n) is 9.37. The summed E-state index contributed by atoms with van der Waals surface area (Å²) in [6, 6.07) is 0.605. The van der Waals surface area contributed by atoms with E-state index < -0.39 is 25.6 Å². The van der Waals surface area contributed by atoms with Crippen LogP contribution < -0.4 is 10.6 Å². The molecule has 57 heavy (non-hydrogen) atoms. The lowest BCUT2D eigenvalue weighted by molar-refractivity contribution is -0.00591. The molecule has 5 heterocycles. The Morgan fingerprint density at radius 2 is 0.754 bits per heavy atom. The van der Waals surface area contributed by atoms with Crippen molar-refractivity contribution in [2.45, 2.75) is 184 Å².